The summed E-state index contributed by atoms with van der Waals surface area (Å²) in [5, 5.41) is 3.84. The fraction of sp³-hybridized carbons (Fsp3) is 0.118. The molecule has 0 saturated carbocycles. The first kappa shape index (κ1) is 17.9. The number of halogens is 2. The second kappa shape index (κ2) is 7.55. The predicted molar refractivity (Wildman–Crippen MR) is 98.3 cm³/mol. The smallest absolute Gasteiger partial charge is 0.184 e. The SMILES string of the molecule is CC(Sc1nn(-c2ccccc2)c(=S)s1)C(=O)c1ccc(F)cc1F. The number of para-hydroxylation sites is 1. The molecule has 0 aliphatic rings. The summed E-state index contributed by atoms with van der Waals surface area (Å²) in [5.74, 6) is -2.00. The second-order valence-electron chi connectivity index (χ2n) is 5.13. The maximum atomic E-state index is 13.8. The molecule has 3 rings (SSSR count). The van der Waals surface area contributed by atoms with Crippen molar-refractivity contribution < 1.29 is 13.6 Å². The topological polar surface area (TPSA) is 34.9 Å². The van der Waals surface area contributed by atoms with Crippen molar-refractivity contribution in [3.8, 4) is 5.69 Å². The molecule has 0 spiro atoms. The molecule has 0 amide bonds. The third kappa shape index (κ3) is 4.02. The number of Topliss-reactive ketones (excluding diaryl/α,β-unsaturated/α-hetero) is 1. The minimum Gasteiger partial charge on any atom is -0.293 e. The highest BCUT2D eigenvalue weighted by Gasteiger charge is 2.22. The van der Waals surface area contributed by atoms with Crippen LogP contribution in [0.5, 0.6) is 0 Å². The minimum atomic E-state index is -0.861. The molecule has 0 saturated heterocycles. The fourth-order valence-corrected chi connectivity index (χ4v) is 4.73. The van der Waals surface area contributed by atoms with Gasteiger partial charge >= 0.3 is 0 Å². The van der Waals surface area contributed by atoms with Gasteiger partial charge in [0.2, 0.25) is 0 Å². The van der Waals surface area contributed by atoms with Crippen molar-refractivity contribution in [1.82, 2.24) is 9.78 Å². The van der Waals surface area contributed by atoms with E-state index in [-0.39, 0.29) is 5.56 Å². The molecule has 0 bridgehead atoms. The lowest BCUT2D eigenvalue weighted by molar-refractivity contribution is 0.0990. The van der Waals surface area contributed by atoms with Crippen LogP contribution in [0.2, 0.25) is 0 Å². The summed E-state index contributed by atoms with van der Waals surface area (Å²) >= 11 is 7.80. The average molecular weight is 394 g/mol. The zero-order valence-corrected chi connectivity index (χ0v) is 15.4. The van der Waals surface area contributed by atoms with Crippen molar-refractivity contribution in [3.05, 3.63) is 69.7 Å². The van der Waals surface area contributed by atoms with Gasteiger partial charge in [0.25, 0.3) is 0 Å². The van der Waals surface area contributed by atoms with Crippen LogP contribution in [0.1, 0.15) is 17.3 Å². The molecule has 1 heterocycles. The number of aromatic nitrogens is 2. The second-order valence-corrected chi connectivity index (χ2v) is 8.34. The summed E-state index contributed by atoms with van der Waals surface area (Å²) in [6.45, 7) is 1.66. The van der Waals surface area contributed by atoms with Gasteiger partial charge in [-0.3, -0.25) is 4.79 Å². The van der Waals surface area contributed by atoms with Gasteiger partial charge in [0.1, 0.15) is 11.6 Å². The van der Waals surface area contributed by atoms with E-state index in [1.54, 1.807) is 11.6 Å². The average Bonchev–Trinajstić information content (AvgIpc) is 2.95. The summed E-state index contributed by atoms with van der Waals surface area (Å²) in [5.41, 5.74) is 0.701. The Balaban J connectivity index is 1.80. The lowest BCUT2D eigenvalue weighted by Crippen LogP contribution is -2.15. The summed E-state index contributed by atoms with van der Waals surface area (Å²) in [4.78, 5) is 12.4. The van der Waals surface area contributed by atoms with Crippen molar-refractivity contribution in [3.63, 3.8) is 0 Å². The van der Waals surface area contributed by atoms with Gasteiger partial charge in [-0.25, -0.2) is 13.5 Å². The van der Waals surface area contributed by atoms with Crippen LogP contribution >= 0.6 is 35.3 Å². The first-order chi connectivity index (χ1) is 12.0. The summed E-state index contributed by atoms with van der Waals surface area (Å²) in [7, 11) is 0. The van der Waals surface area contributed by atoms with Crippen LogP contribution in [0.3, 0.4) is 0 Å². The zero-order valence-electron chi connectivity index (χ0n) is 13.0. The normalized spacial score (nSPS) is 12.1. The molecule has 1 atom stereocenters. The Hall–Kier alpha value is -1.90. The van der Waals surface area contributed by atoms with E-state index in [4.69, 9.17) is 12.2 Å². The van der Waals surface area contributed by atoms with Gasteiger partial charge in [0.15, 0.2) is 14.1 Å². The molecule has 25 heavy (non-hydrogen) atoms. The predicted octanol–water partition coefficient (Wildman–Crippen LogP) is 5.30. The van der Waals surface area contributed by atoms with E-state index >= 15 is 0 Å². The van der Waals surface area contributed by atoms with E-state index in [1.165, 1.54) is 23.1 Å². The van der Waals surface area contributed by atoms with Crippen molar-refractivity contribution >= 4 is 41.1 Å². The Bertz CT molecular complexity index is 970. The van der Waals surface area contributed by atoms with Crippen LogP contribution in [0.25, 0.3) is 5.69 Å². The summed E-state index contributed by atoms with van der Waals surface area (Å²) < 4.78 is 29.6. The fourth-order valence-electron chi connectivity index (χ4n) is 2.15. The van der Waals surface area contributed by atoms with Crippen LogP contribution in [-0.2, 0) is 0 Å². The number of nitrogens with zero attached hydrogens (tertiary/aromatic N) is 2. The Morgan fingerprint density at radius 2 is 1.96 bits per heavy atom. The standard InChI is InChI=1S/C17H12F2N2OS3/c1-10(15(22)13-8-7-11(18)9-14(13)19)24-16-20-21(17(23)25-16)12-5-3-2-4-6-12/h2-10H,1H3. The molecule has 1 unspecified atom stereocenters. The number of rotatable bonds is 5. The quantitative estimate of drug-likeness (QED) is 0.334. The van der Waals surface area contributed by atoms with E-state index < -0.39 is 22.7 Å². The van der Waals surface area contributed by atoms with Gasteiger partial charge in [0.05, 0.1) is 16.5 Å². The van der Waals surface area contributed by atoms with Crippen molar-refractivity contribution in [2.75, 3.05) is 0 Å². The molecule has 0 radical (unpaired) electrons. The number of benzene rings is 2. The Kier molecular flexibility index (Phi) is 5.41. The molecular formula is C17H12F2N2OS3. The molecule has 0 aliphatic carbocycles. The van der Waals surface area contributed by atoms with Crippen LogP contribution in [-0.4, -0.2) is 20.8 Å². The van der Waals surface area contributed by atoms with E-state index in [0.717, 1.165) is 17.8 Å². The highest BCUT2D eigenvalue weighted by molar-refractivity contribution is 8.02. The van der Waals surface area contributed by atoms with Crippen molar-refractivity contribution in [1.29, 1.82) is 0 Å². The maximum absolute atomic E-state index is 13.8. The molecule has 0 N–H and O–H groups in total. The largest absolute Gasteiger partial charge is 0.293 e. The number of hydrogen-bond donors (Lipinski definition) is 0. The molecule has 128 valence electrons. The van der Waals surface area contributed by atoms with Crippen LogP contribution in [0.15, 0.2) is 52.9 Å². The van der Waals surface area contributed by atoms with Crippen LogP contribution in [0.4, 0.5) is 8.78 Å². The third-order valence-corrected chi connectivity index (χ3v) is 5.79. The van der Waals surface area contributed by atoms with Crippen molar-refractivity contribution in [2.45, 2.75) is 16.5 Å². The molecule has 3 nitrogen and oxygen atoms in total. The van der Waals surface area contributed by atoms with E-state index in [0.29, 0.717) is 14.4 Å². The van der Waals surface area contributed by atoms with E-state index in [2.05, 4.69) is 5.10 Å². The lowest BCUT2D eigenvalue weighted by atomic mass is 10.1. The van der Waals surface area contributed by atoms with Gasteiger partial charge in [-0.15, -0.1) is 5.10 Å². The van der Waals surface area contributed by atoms with E-state index in [9.17, 15) is 13.6 Å². The Labute approximate surface area is 156 Å². The van der Waals surface area contributed by atoms with Crippen molar-refractivity contribution in [2.24, 2.45) is 0 Å². The Morgan fingerprint density at radius 3 is 2.64 bits per heavy atom. The number of carbonyl (C=O) groups excluding carboxylic acids is 1. The van der Waals surface area contributed by atoms with Gasteiger partial charge < -0.3 is 0 Å². The first-order valence-electron chi connectivity index (χ1n) is 7.27. The van der Waals surface area contributed by atoms with E-state index in [1.807, 2.05) is 30.3 Å². The Morgan fingerprint density at radius 1 is 1.24 bits per heavy atom. The van der Waals surface area contributed by atoms with Crippen LogP contribution in [0, 0.1) is 15.6 Å². The summed E-state index contributed by atoms with van der Waals surface area (Å²) in [6.07, 6.45) is 0. The lowest BCUT2D eigenvalue weighted by Gasteiger charge is -2.09. The number of thioether (sulfide) groups is 1. The van der Waals surface area contributed by atoms with Gasteiger partial charge in [-0.2, -0.15) is 0 Å². The third-order valence-electron chi connectivity index (χ3n) is 3.37. The molecular weight excluding hydrogens is 382 g/mol. The molecule has 3 aromatic rings. The summed E-state index contributed by atoms with van der Waals surface area (Å²) in [6, 6.07) is 12.4. The highest BCUT2D eigenvalue weighted by Crippen LogP contribution is 2.29. The minimum absolute atomic E-state index is 0.132. The van der Waals surface area contributed by atoms with Crippen LogP contribution < -0.4 is 0 Å². The van der Waals surface area contributed by atoms with Gasteiger partial charge in [-0.05, 0) is 43.4 Å². The molecule has 8 heteroatoms. The molecule has 2 aromatic carbocycles. The van der Waals surface area contributed by atoms with Gasteiger partial charge in [-0.1, -0.05) is 41.3 Å². The number of hydrogen-bond acceptors (Lipinski definition) is 5. The molecule has 0 aliphatic heterocycles. The molecule has 0 fully saturated rings. The highest BCUT2D eigenvalue weighted by atomic mass is 32.2. The monoisotopic (exact) mass is 394 g/mol. The molecule has 1 aromatic heterocycles. The number of ketones is 1. The first-order valence-corrected chi connectivity index (χ1v) is 9.37. The zero-order chi connectivity index (χ0) is 18.0. The van der Waals surface area contributed by atoms with Gasteiger partial charge in [0, 0.05) is 6.07 Å². The number of carbonyl (C=O) groups is 1. The maximum Gasteiger partial charge on any atom is 0.184 e.